The van der Waals surface area contributed by atoms with Crippen molar-refractivity contribution in [1.29, 1.82) is 0 Å². The molecule has 1 rings (SSSR count). The van der Waals surface area contributed by atoms with Crippen LogP contribution in [0.2, 0.25) is 0 Å². The Kier molecular flexibility index (Phi) is 3.76. The second-order valence-electron chi connectivity index (χ2n) is 2.70. The van der Waals surface area contributed by atoms with Crippen LogP contribution >= 0.6 is 0 Å². The number of hydrogen-bond donors (Lipinski definition) is 2. The summed E-state index contributed by atoms with van der Waals surface area (Å²) in [5.41, 5.74) is 6.84. The van der Waals surface area contributed by atoms with E-state index in [0.717, 1.165) is 18.7 Å². The van der Waals surface area contributed by atoms with E-state index in [0.29, 0.717) is 6.61 Å². The topological polar surface area (TPSA) is 63.9 Å². The summed E-state index contributed by atoms with van der Waals surface area (Å²) in [6.45, 7) is 3.29. The van der Waals surface area contributed by atoms with E-state index in [4.69, 9.17) is 10.5 Å². The number of ether oxygens (including phenoxy) is 1. The van der Waals surface area contributed by atoms with E-state index in [2.05, 4.69) is 9.97 Å². The van der Waals surface area contributed by atoms with Gasteiger partial charge in [-0.1, -0.05) is 0 Å². The first-order valence-corrected chi connectivity index (χ1v) is 4.13. The second kappa shape index (κ2) is 4.90. The lowest BCUT2D eigenvalue weighted by atomic mass is 10.2. The largest absolute Gasteiger partial charge is 0.380 e. The molecule has 12 heavy (non-hydrogen) atoms. The van der Waals surface area contributed by atoms with Crippen LogP contribution in [0.15, 0.2) is 12.5 Å². The molecule has 0 aliphatic heterocycles. The lowest BCUT2D eigenvalue weighted by Gasteiger charge is -2.09. The molecule has 0 fully saturated rings. The first-order valence-electron chi connectivity index (χ1n) is 4.13. The average molecular weight is 169 g/mol. The molecule has 0 spiro atoms. The monoisotopic (exact) mass is 169 g/mol. The van der Waals surface area contributed by atoms with Gasteiger partial charge in [-0.05, 0) is 6.92 Å². The highest BCUT2D eigenvalue weighted by atomic mass is 16.5. The quantitative estimate of drug-likeness (QED) is 0.667. The van der Waals surface area contributed by atoms with Gasteiger partial charge in [0, 0.05) is 31.0 Å². The first-order chi connectivity index (χ1) is 5.83. The summed E-state index contributed by atoms with van der Waals surface area (Å²) < 4.78 is 5.18. The zero-order valence-electron chi connectivity index (χ0n) is 7.29. The molecule has 1 unspecified atom stereocenters. The molecular weight excluding hydrogens is 154 g/mol. The minimum absolute atomic E-state index is 0.0606. The molecule has 0 aliphatic carbocycles. The molecule has 0 amide bonds. The van der Waals surface area contributed by atoms with Gasteiger partial charge in [0.1, 0.15) is 0 Å². The maximum absolute atomic E-state index is 5.78. The minimum Gasteiger partial charge on any atom is -0.380 e. The van der Waals surface area contributed by atoms with Crippen molar-refractivity contribution in [1.82, 2.24) is 9.97 Å². The van der Waals surface area contributed by atoms with E-state index in [-0.39, 0.29) is 6.04 Å². The lowest BCUT2D eigenvalue weighted by Crippen LogP contribution is -2.28. The summed E-state index contributed by atoms with van der Waals surface area (Å²) >= 11 is 0. The molecule has 1 atom stereocenters. The van der Waals surface area contributed by atoms with Crippen molar-refractivity contribution >= 4 is 0 Å². The average Bonchev–Trinajstić information content (AvgIpc) is 2.53. The highest BCUT2D eigenvalue weighted by Gasteiger charge is 2.03. The number of nitrogens with zero attached hydrogens (tertiary/aromatic N) is 1. The predicted molar refractivity (Wildman–Crippen MR) is 46.8 cm³/mol. The smallest absolute Gasteiger partial charge is 0.0921 e. The van der Waals surface area contributed by atoms with Gasteiger partial charge >= 0.3 is 0 Å². The number of imidazole rings is 1. The van der Waals surface area contributed by atoms with Crippen molar-refractivity contribution in [2.75, 3.05) is 13.2 Å². The van der Waals surface area contributed by atoms with Gasteiger partial charge in [-0.25, -0.2) is 4.98 Å². The fourth-order valence-corrected chi connectivity index (χ4v) is 1.01. The number of nitrogens with one attached hydrogen (secondary N) is 1. The molecule has 0 saturated heterocycles. The van der Waals surface area contributed by atoms with Gasteiger partial charge in [0.2, 0.25) is 0 Å². The number of hydrogen-bond acceptors (Lipinski definition) is 3. The van der Waals surface area contributed by atoms with E-state index in [1.807, 2.05) is 6.92 Å². The van der Waals surface area contributed by atoms with Crippen LogP contribution in [0.4, 0.5) is 0 Å². The third-order valence-electron chi connectivity index (χ3n) is 1.57. The van der Waals surface area contributed by atoms with Gasteiger partial charge in [-0.15, -0.1) is 0 Å². The highest BCUT2D eigenvalue weighted by Crippen LogP contribution is 1.96. The van der Waals surface area contributed by atoms with Gasteiger partial charge in [-0.2, -0.15) is 0 Å². The Hall–Kier alpha value is -0.870. The normalized spacial score (nSPS) is 13.2. The number of H-pyrrole nitrogens is 1. The molecule has 0 radical (unpaired) electrons. The maximum atomic E-state index is 5.78. The molecule has 1 heterocycles. The van der Waals surface area contributed by atoms with Crippen molar-refractivity contribution in [2.24, 2.45) is 5.73 Å². The van der Waals surface area contributed by atoms with E-state index in [9.17, 15) is 0 Å². The first kappa shape index (κ1) is 9.22. The Balaban J connectivity index is 2.22. The predicted octanol–water partition coefficient (Wildman–Crippen LogP) is 0.316. The van der Waals surface area contributed by atoms with Gasteiger partial charge in [0.25, 0.3) is 0 Å². The summed E-state index contributed by atoms with van der Waals surface area (Å²) in [4.78, 5) is 6.90. The molecule has 0 saturated carbocycles. The third kappa shape index (κ3) is 3.02. The van der Waals surface area contributed by atoms with Gasteiger partial charge in [0.15, 0.2) is 0 Å². The van der Waals surface area contributed by atoms with Crippen LogP contribution in [-0.2, 0) is 11.2 Å². The lowest BCUT2D eigenvalue weighted by molar-refractivity contribution is 0.133. The summed E-state index contributed by atoms with van der Waals surface area (Å²) in [5.74, 6) is 0. The third-order valence-corrected chi connectivity index (χ3v) is 1.57. The molecular formula is C8H15N3O. The van der Waals surface area contributed by atoms with Crippen LogP contribution in [0.1, 0.15) is 12.6 Å². The Morgan fingerprint density at radius 2 is 2.58 bits per heavy atom. The van der Waals surface area contributed by atoms with Crippen molar-refractivity contribution in [3.05, 3.63) is 18.2 Å². The molecule has 3 N–H and O–H groups in total. The van der Waals surface area contributed by atoms with Crippen molar-refractivity contribution in [3.8, 4) is 0 Å². The zero-order valence-corrected chi connectivity index (χ0v) is 7.29. The molecule has 4 nitrogen and oxygen atoms in total. The van der Waals surface area contributed by atoms with Gasteiger partial charge in [0.05, 0.1) is 12.9 Å². The minimum atomic E-state index is 0.0606. The van der Waals surface area contributed by atoms with E-state index < -0.39 is 0 Å². The molecule has 0 aromatic carbocycles. The maximum Gasteiger partial charge on any atom is 0.0921 e. The standard InChI is InChI=1S/C8H15N3O/c1-2-12-5-7(9)3-8-4-10-6-11-8/h4,6-7H,2-3,5,9H2,1H3,(H,10,11). The van der Waals surface area contributed by atoms with E-state index in [1.165, 1.54) is 0 Å². The molecule has 0 aliphatic rings. The molecule has 4 heteroatoms. The second-order valence-corrected chi connectivity index (χ2v) is 2.70. The fraction of sp³-hybridized carbons (Fsp3) is 0.625. The van der Waals surface area contributed by atoms with Crippen LogP contribution in [0.5, 0.6) is 0 Å². The Morgan fingerprint density at radius 1 is 1.75 bits per heavy atom. The number of aromatic nitrogens is 2. The van der Waals surface area contributed by atoms with Crippen LogP contribution < -0.4 is 5.73 Å². The van der Waals surface area contributed by atoms with Gasteiger partial charge in [-0.3, -0.25) is 0 Å². The number of aromatic amines is 1. The van der Waals surface area contributed by atoms with Crippen molar-refractivity contribution < 1.29 is 4.74 Å². The Morgan fingerprint density at radius 3 is 3.17 bits per heavy atom. The highest BCUT2D eigenvalue weighted by molar-refractivity contribution is 4.96. The van der Waals surface area contributed by atoms with Gasteiger partial charge < -0.3 is 15.5 Å². The van der Waals surface area contributed by atoms with E-state index in [1.54, 1.807) is 12.5 Å². The summed E-state index contributed by atoms with van der Waals surface area (Å²) in [6.07, 6.45) is 4.23. The van der Waals surface area contributed by atoms with Crippen LogP contribution in [0.3, 0.4) is 0 Å². The molecule has 1 aromatic rings. The Labute approximate surface area is 72.1 Å². The van der Waals surface area contributed by atoms with Crippen LogP contribution in [0, 0.1) is 0 Å². The molecule has 1 aromatic heterocycles. The summed E-state index contributed by atoms with van der Waals surface area (Å²) in [6, 6.07) is 0.0606. The van der Waals surface area contributed by atoms with Crippen LogP contribution in [0.25, 0.3) is 0 Å². The zero-order chi connectivity index (χ0) is 8.81. The SMILES string of the molecule is CCOCC(N)Cc1cnc[nH]1. The fourth-order valence-electron chi connectivity index (χ4n) is 1.01. The molecule has 68 valence electrons. The Bertz CT molecular complexity index is 198. The van der Waals surface area contributed by atoms with E-state index >= 15 is 0 Å². The number of rotatable bonds is 5. The van der Waals surface area contributed by atoms with Crippen molar-refractivity contribution in [3.63, 3.8) is 0 Å². The molecule has 0 bridgehead atoms. The summed E-state index contributed by atoms with van der Waals surface area (Å²) in [7, 11) is 0. The van der Waals surface area contributed by atoms with Crippen molar-refractivity contribution in [2.45, 2.75) is 19.4 Å². The van der Waals surface area contributed by atoms with Crippen LogP contribution in [-0.4, -0.2) is 29.2 Å². The number of nitrogens with two attached hydrogens (primary N) is 1. The summed E-state index contributed by atoms with van der Waals surface area (Å²) in [5, 5.41) is 0.